The van der Waals surface area contributed by atoms with E-state index in [4.69, 9.17) is 0 Å². The first-order valence-corrected chi connectivity index (χ1v) is 2.09. The molecule has 0 saturated heterocycles. The fourth-order valence-corrected chi connectivity index (χ4v) is 0.224. The van der Waals surface area contributed by atoms with Crippen LogP contribution in [0.15, 0.2) is 0 Å². The van der Waals surface area contributed by atoms with Crippen molar-refractivity contribution in [2.45, 2.75) is 18.1 Å². The van der Waals surface area contributed by atoms with Crippen LogP contribution >= 0.6 is 12.6 Å². The quantitative estimate of drug-likeness (QED) is 0.258. The van der Waals surface area contributed by atoms with Gasteiger partial charge in [-0.3, -0.25) is 0 Å². The van der Waals surface area contributed by atoms with Crippen molar-refractivity contribution in [3.05, 3.63) is 0 Å². The number of thiol groups is 1. The summed E-state index contributed by atoms with van der Waals surface area (Å²) in [6.07, 6.45) is 2.70. The third-order valence-corrected chi connectivity index (χ3v) is 1.06. The molecule has 1 aliphatic carbocycles. The van der Waals surface area contributed by atoms with E-state index in [9.17, 15) is 0 Å². The number of hydrogen-bond donors (Lipinski definition) is 1. The molecule has 2 heteroatoms. The molecule has 0 N–H and O–H groups in total. The Bertz CT molecular complexity index is 30.0. The minimum absolute atomic E-state index is 0. The molecule has 0 bridgehead atoms. The zero-order valence-electron chi connectivity index (χ0n) is 4.44. The van der Waals surface area contributed by atoms with Crippen molar-refractivity contribution in [2.24, 2.45) is 0 Å². The Kier molecular flexibility index (Phi) is 2.59. The molecule has 1 saturated carbocycles. The van der Waals surface area contributed by atoms with Gasteiger partial charge in [0.25, 0.3) is 0 Å². The smallest absolute Gasteiger partial charge is 1.00 e. The molecule has 0 nitrogen and oxygen atoms in total. The van der Waals surface area contributed by atoms with Crippen molar-refractivity contribution in [3.63, 3.8) is 0 Å². The standard InChI is InChI=1S/C3H6S.Li.H/c4-3-1-2-3;;/h3-4H,1-2H2;;/q;+1;-1. The van der Waals surface area contributed by atoms with Crippen molar-refractivity contribution >= 4 is 12.6 Å². The van der Waals surface area contributed by atoms with E-state index in [1.807, 2.05) is 0 Å². The Morgan fingerprint density at radius 1 is 1.60 bits per heavy atom. The summed E-state index contributed by atoms with van der Waals surface area (Å²) in [7, 11) is 0. The van der Waals surface area contributed by atoms with Crippen LogP contribution in [0.3, 0.4) is 0 Å². The molecule has 0 unspecified atom stereocenters. The third kappa shape index (κ3) is 2.76. The summed E-state index contributed by atoms with van der Waals surface area (Å²) in [5.74, 6) is 0. The second kappa shape index (κ2) is 2.18. The van der Waals surface area contributed by atoms with E-state index in [0.29, 0.717) is 0 Å². The normalized spacial score (nSPS) is 21.0. The van der Waals surface area contributed by atoms with E-state index < -0.39 is 0 Å². The van der Waals surface area contributed by atoms with E-state index in [1.54, 1.807) is 0 Å². The first-order chi connectivity index (χ1) is 1.89. The van der Waals surface area contributed by atoms with Gasteiger partial charge in [0.05, 0.1) is 0 Å². The molecular formula is C3H7LiS. The maximum atomic E-state index is 4.08. The zero-order chi connectivity index (χ0) is 2.99. The third-order valence-electron chi connectivity index (χ3n) is 0.547. The molecule has 0 aromatic rings. The van der Waals surface area contributed by atoms with Gasteiger partial charge in [-0.1, -0.05) is 0 Å². The van der Waals surface area contributed by atoms with Gasteiger partial charge in [0.15, 0.2) is 0 Å². The summed E-state index contributed by atoms with van der Waals surface area (Å²) >= 11 is 4.08. The monoisotopic (exact) mass is 82.0 g/mol. The molecule has 0 radical (unpaired) electrons. The van der Waals surface area contributed by atoms with Crippen molar-refractivity contribution in [1.29, 1.82) is 0 Å². The average molecular weight is 82.1 g/mol. The van der Waals surface area contributed by atoms with Crippen LogP contribution in [-0.4, -0.2) is 5.25 Å². The van der Waals surface area contributed by atoms with Gasteiger partial charge in [-0.15, -0.1) is 0 Å². The Labute approximate surface area is 51.4 Å². The summed E-state index contributed by atoms with van der Waals surface area (Å²) in [4.78, 5) is 0. The number of rotatable bonds is 0. The Morgan fingerprint density at radius 2 is 1.80 bits per heavy atom. The van der Waals surface area contributed by atoms with Gasteiger partial charge in [0.2, 0.25) is 0 Å². The summed E-state index contributed by atoms with van der Waals surface area (Å²) in [5, 5.41) is 0.778. The van der Waals surface area contributed by atoms with Gasteiger partial charge in [-0.2, -0.15) is 12.6 Å². The van der Waals surface area contributed by atoms with Crippen LogP contribution in [0.2, 0.25) is 0 Å². The van der Waals surface area contributed by atoms with E-state index in [2.05, 4.69) is 12.6 Å². The molecule has 1 rings (SSSR count). The van der Waals surface area contributed by atoms with Crippen LogP contribution in [0.1, 0.15) is 14.3 Å². The Balaban J connectivity index is 0. The van der Waals surface area contributed by atoms with Crippen molar-refractivity contribution in [1.82, 2.24) is 0 Å². The summed E-state index contributed by atoms with van der Waals surface area (Å²) in [5.41, 5.74) is 0. The average Bonchev–Trinajstić information content (AvgIpc) is 1.75. The molecule has 0 aliphatic heterocycles. The molecule has 5 heavy (non-hydrogen) atoms. The summed E-state index contributed by atoms with van der Waals surface area (Å²) < 4.78 is 0. The van der Waals surface area contributed by atoms with Crippen molar-refractivity contribution < 1.29 is 20.3 Å². The predicted octanol–water partition coefficient (Wildman–Crippen LogP) is -1.80. The van der Waals surface area contributed by atoms with Gasteiger partial charge < -0.3 is 1.43 Å². The summed E-state index contributed by atoms with van der Waals surface area (Å²) in [6, 6.07) is 0. The molecule has 0 aromatic carbocycles. The molecule has 0 spiro atoms. The topological polar surface area (TPSA) is 0 Å². The van der Waals surface area contributed by atoms with Crippen molar-refractivity contribution in [2.75, 3.05) is 0 Å². The van der Waals surface area contributed by atoms with Gasteiger partial charge >= 0.3 is 18.9 Å². The molecule has 1 aliphatic rings. The van der Waals surface area contributed by atoms with Crippen LogP contribution in [0.25, 0.3) is 0 Å². The van der Waals surface area contributed by atoms with Crippen LogP contribution < -0.4 is 18.9 Å². The van der Waals surface area contributed by atoms with E-state index >= 15 is 0 Å². The van der Waals surface area contributed by atoms with Crippen LogP contribution in [0.5, 0.6) is 0 Å². The molecular weight excluding hydrogens is 75.0 g/mol. The predicted molar refractivity (Wildman–Crippen MR) is 23.1 cm³/mol. The van der Waals surface area contributed by atoms with Gasteiger partial charge in [0, 0.05) is 5.25 Å². The molecule has 0 heterocycles. The fourth-order valence-electron chi connectivity index (χ4n) is 0.0745. The minimum Gasteiger partial charge on any atom is -1.00 e. The molecule has 26 valence electrons. The maximum Gasteiger partial charge on any atom is 1.00 e. The second-order valence-electron chi connectivity index (χ2n) is 1.23. The fraction of sp³-hybridized carbons (Fsp3) is 1.00. The van der Waals surface area contributed by atoms with E-state index in [1.165, 1.54) is 12.8 Å². The van der Waals surface area contributed by atoms with E-state index in [0.717, 1.165) is 5.25 Å². The first-order valence-electron chi connectivity index (χ1n) is 1.57. The second-order valence-corrected chi connectivity index (χ2v) is 1.96. The van der Waals surface area contributed by atoms with Crippen LogP contribution in [0, 0.1) is 0 Å². The maximum absolute atomic E-state index is 4.08. The SMILES string of the molecule is SC1CC1.[H-].[Li+]. The Hall–Kier alpha value is 0.947. The number of hydrogen-bond acceptors (Lipinski definition) is 1. The van der Waals surface area contributed by atoms with Crippen LogP contribution in [0.4, 0.5) is 0 Å². The largest absolute Gasteiger partial charge is 1.00 e. The van der Waals surface area contributed by atoms with Gasteiger partial charge in [-0.05, 0) is 12.8 Å². The Morgan fingerprint density at radius 3 is 1.80 bits per heavy atom. The zero-order valence-corrected chi connectivity index (χ0v) is 4.33. The van der Waals surface area contributed by atoms with E-state index in [-0.39, 0.29) is 20.3 Å². The first kappa shape index (κ1) is 5.95. The summed E-state index contributed by atoms with van der Waals surface area (Å²) in [6.45, 7) is 0. The van der Waals surface area contributed by atoms with Gasteiger partial charge in [0.1, 0.15) is 0 Å². The minimum atomic E-state index is 0. The molecule has 0 amide bonds. The van der Waals surface area contributed by atoms with Crippen LogP contribution in [-0.2, 0) is 0 Å². The molecule has 1 fully saturated rings. The van der Waals surface area contributed by atoms with Gasteiger partial charge in [-0.25, -0.2) is 0 Å². The molecule has 0 aromatic heterocycles. The van der Waals surface area contributed by atoms with Crippen molar-refractivity contribution in [3.8, 4) is 0 Å². The molecule has 0 atom stereocenters.